The Bertz CT molecular complexity index is 322. The second kappa shape index (κ2) is 44.2. The molecule has 0 aromatic carbocycles. The number of Topliss-reactive ketones (excluding diaryl/α,β-unsaturated/α-hetero) is 1. The Labute approximate surface area is 288 Å². The van der Waals surface area contributed by atoms with E-state index in [1.54, 1.807) is 25.7 Å². The van der Waals surface area contributed by atoms with Crippen LogP contribution in [0.15, 0.2) is 0 Å². The molecule has 0 saturated heterocycles. The minimum Gasteiger partial charge on any atom is -0.358 e. The van der Waals surface area contributed by atoms with Crippen molar-refractivity contribution in [1.29, 1.82) is 0 Å². The van der Waals surface area contributed by atoms with Crippen LogP contribution in [0.1, 0.15) is 152 Å². The van der Waals surface area contributed by atoms with Gasteiger partial charge in [-0.3, -0.25) is 4.79 Å². The first-order chi connectivity index (χ1) is 13.0. The molecular formula is C32H71OW2Y-. The van der Waals surface area contributed by atoms with E-state index in [2.05, 4.69) is 27.7 Å². The molecule has 4 aliphatic rings. The first kappa shape index (κ1) is 66.4. The molecule has 36 heavy (non-hydrogen) atoms. The summed E-state index contributed by atoms with van der Waals surface area (Å²) < 4.78 is 0. The molecule has 4 aliphatic carbocycles. The minimum absolute atomic E-state index is 0. The molecule has 0 N–H and O–H groups in total. The molecule has 0 amide bonds. The van der Waals surface area contributed by atoms with Crippen LogP contribution in [0.2, 0.25) is 0 Å². The van der Waals surface area contributed by atoms with Crippen LogP contribution >= 0.6 is 0 Å². The van der Waals surface area contributed by atoms with Crippen LogP contribution in [0.25, 0.3) is 0 Å². The minimum atomic E-state index is 0. The van der Waals surface area contributed by atoms with Gasteiger partial charge in [0.15, 0.2) is 0 Å². The molecule has 4 fully saturated rings. The Hall–Kier alpha value is 2.15. The summed E-state index contributed by atoms with van der Waals surface area (Å²) in [5.74, 6) is 2.77. The van der Waals surface area contributed by atoms with Crippen LogP contribution in [-0.2, 0) is 79.6 Å². The summed E-state index contributed by atoms with van der Waals surface area (Å²) in [6.45, 7) is 12.8. The van der Waals surface area contributed by atoms with E-state index in [1.165, 1.54) is 51.4 Å². The van der Waals surface area contributed by atoms with Gasteiger partial charge in [0.2, 0.25) is 0 Å². The van der Waals surface area contributed by atoms with Gasteiger partial charge in [-0.15, -0.1) is 0 Å². The zero-order valence-corrected chi connectivity index (χ0v) is 35.0. The SMILES string of the molecule is C.C1CCC2CCCCC2C1.CC.CC1(C)CC1.CCC.O=C1CCCCC1.[CH3-].[CH3-].[CH3-].[CH3-].[CH3-].[W+2].[W+2].[Y]. The maximum Gasteiger partial charge on any atom is 2.00 e. The van der Waals surface area contributed by atoms with E-state index in [4.69, 9.17) is 0 Å². The van der Waals surface area contributed by atoms with Gasteiger partial charge in [-0.1, -0.05) is 113 Å². The van der Waals surface area contributed by atoms with E-state index >= 15 is 0 Å². The zero-order chi connectivity index (χ0) is 20.5. The van der Waals surface area contributed by atoms with Gasteiger partial charge in [-0.05, 0) is 42.9 Å². The fourth-order valence-corrected chi connectivity index (χ4v) is 4.05. The Morgan fingerprint density at radius 1 is 0.639 bits per heavy atom. The standard InChI is InChI=1S/C10H18.C6H10O.C5H10.C3H8.C2H6.CH4.5CH3.2W.Y/c1-2-6-10-8-4-3-7-9(10)5-1;7-6-4-2-1-3-5-6;1-5(2)3-4-5;1-3-2;1-2;;;;;;;;;/h9-10H,1-8H2;1-5H2;3-4H2,1-2H3;3H2,1-2H3;1-2H3;1H4;5*1H3;;;/q;;;;;;5*-1;2*+2;. The molecule has 0 heterocycles. The molecule has 0 unspecified atom stereocenters. The third kappa shape index (κ3) is 40.6. The van der Waals surface area contributed by atoms with Gasteiger partial charge in [0.25, 0.3) is 0 Å². The third-order valence-electron chi connectivity index (χ3n) is 6.13. The number of hydrogen-bond donors (Lipinski definition) is 0. The molecule has 4 heteroatoms. The number of rotatable bonds is 0. The zero-order valence-electron chi connectivity index (χ0n) is 26.3. The molecule has 1 radical (unpaired) electrons. The van der Waals surface area contributed by atoms with Crippen molar-refractivity contribution in [3.05, 3.63) is 37.1 Å². The first-order valence-corrected chi connectivity index (χ1v) is 12.5. The Morgan fingerprint density at radius 3 is 1.00 bits per heavy atom. The Morgan fingerprint density at radius 2 is 0.861 bits per heavy atom. The topological polar surface area (TPSA) is 17.1 Å². The van der Waals surface area contributed by atoms with E-state index in [1.807, 2.05) is 13.8 Å². The predicted octanol–water partition coefficient (Wildman–Crippen LogP) is 12.0. The summed E-state index contributed by atoms with van der Waals surface area (Å²) in [7, 11) is 0. The summed E-state index contributed by atoms with van der Waals surface area (Å²) in [6, 6.07) is 0. The first-order valence-electron chi connectivity index (χ1n) is 12.5. The van der Waals surface area contributed by atoms with Crippen molar-refractivity contribution in [2.45, 2.75) is 152 Å². The van der Waals surface area contributed by atoms with Crippen molar-refractivity contribution in [1.82, 2.24) is 0 Å². The number of carbonyl (C=O) groups excluding carboxylic acids is 1. The van der Waals surface area contributed by atoms with Crippen molar-refractivity contribution in [3.63, 3.8) is 0 Å². The molecule has 0 aliphatic heterocycles. The van der Waals surface area contributed by atoms with Gasteiger partial charge in [0, 0.05) is 45.6 Å². The second-order valence-corrected chi connectivity index (χ2v) is 9.56. The predicted molar refractivity (Wildman–Crippen MR) is 161 cm³/mol. The van der Waals surface area contributed by atoms with Crippen molar-refractivity contribution in [2.75, 3.05) is 0 Å². The van der Waals surface area contributed by atoms with Crippen LogP contribution in [0.4, 0.5) is 0 Å². The molecule has 221 valence electrons. The number of hydrogen-bond acceptors (Lipinski definition) is 1. The van der Waals surface area contributed by atoms with E-state index in [-0.39, 0.29) is 119 Å². The van der Waals surface area contributed by atoms with Gasteiger partial charge in [0.1, 0.15) is 5.78 Å². The van der Waals surface area contributed by atoms with Gasteiger partial charge < -0.3 is 37.1 Å². The maximum absolute atomic E-state index is 10.5. The van der Waals surface area contributed by atoms with E-state index in [9.17, 15) is 4.79 Å². The molecule has 0 bridgehead atoms. The van der Waals surface area contributed by atoms with E-state index < -0.39 is 0 Å². The maximum atomic E-state index is 10.5. The molecule has 0 aromatic rings. The van der Waals surface area contributed by atoms with E-state index in [0.717, 1.165) is 42.9 Å². The molecule has 0 atom stereocenters. The summed E-state index contributed by atoms with van der Waals surface area (Å²) in [4.78, 5) is 10.5. The monoisotopic (exact) mass is 928 g/mol. The fourth-order valence-electron chi connectivity index (χ4n) is 4.05. The van der Waals surface area contributed by atoms with Crippen molar-refractivity contribution >= 4 is 5.78 Å². The Balaban J connectivity index is -0.0000000298. The average Bonchev–Trinajstić information content (AvgIpc) is 3.40. The summed E-state index contributed by atoms with van der Waals surface area (Å²) >= 11 is 0. The molecule has 0 spiro atoms. The fraction of sp³-hybridized carbons (Fsp3) is 0.812. The summed E-state index contributed by atoms with van der Waals surface area (Å²) in [5.41, 5.74) is 0.750. The van der Waals surface area contributed by atoms with Gasteiger partial charge in [-0.25, -0.2) is 0 Å². The van der Waals surface area contributed by atoms with Crippen LogP contribution in [0.5, 0.6) is 0 Å². The van der Waals surface area contributed by atoms with Crippen molar-refractivity contribution < 1.29 is 79.6 Å². The number of carbonyl (C=O) groups is 1. The van der Waals surface area contributed by atoms with E-state index in [0.29, 0.717) is 5.78 Å². The average molecular weight is 929 g/mol. The molecule has 4 saturated carbocycles. The molecule has 1 nitrogen and oxygen atoms in total. The second-order valence-electron chi connectivity index (χ2n) is 9.56. The van der Waals surface area contributed by atoms with Crippen molar-refractivity contribution in [2.24, 2.45) is 17.3 Å². The van der Waals surface area contributed by atoms with Crippen LogP contribution in [0.3, 0.4) is 0 Å². The summed E-state index contributed by atoms with van der Waals surface area (Å²) in [6.07, 6.45) is 21.7. The Kier molecular flexibility index (Phi) is 81.5. The van der Waals surface area contributed by atoms with Gasteiger partial charge >= 0.3 is 42.1 Å². The molecular weight excluding hydrogens is 857 g/mol. The quantitative estimate of drug-likeness (QED) is 0.221. The number of fused-ring (bicyclic) bond motifs is 1. The van der Waals surface area contributed by atoms with Crippen molar-refractivity contribution in [3.8, 4) is 0 Å². The molecule has 4 rings (SSSR count). The largest absolute Gasteiger partial charge is 2.00 e. The summed E-state index contributed by atoms with van der Waals surface area (Å²) in [5, 5.41) is 0. The van der Waals surface area contributed by atoms with Gasteiger partial charge in [0.05, 0.1) is 0 Å². The van der Waals surface area contributed by atoms with Crippen LogP contribution < -0.4 is 0 Å². The smallest absolute Gasteiger partial charge is 0.358 e. The third-order valence-corrected chi connectivity index (χ3v) is 6.13. The van der Waals surface area contributed by atoms with Crippen LogP contribution in [-0.4, -0.2) is 5.78 Å². The van der Waals surface area contributed by atoms with Gasteiger partial charge in [-0.2, -0.15) is 0 Å². The normalized spacial score (nSPS) is 20.6. The van der Waals surface area contributed by atoms with Crippen LogP contribution in [0, 0.1) is 54.4 Å². The number of ketones is 1. The molecule has 0 aromatic heterocycles.